The fourth-order valence-corrected chi connectivity index (χ4v) is 5.12. The number of hydrogen-bond acceptors (Lipinski definition) is 5. The van der Waals surface area contributed by atoms with Gasteiger partial charge in [0.15, 0.2) is 11.5 Å². The number of nitrogens with zero attached hydrogens (tertiary/aromatic N) is 1. The summed E-state index contributed by atoms with van der Waals surface area (Å²) >= 11 is 0. The predicted octanol–water partition coefficient (Wildman–Crippen LogP) is 4.51. The summed E-state index contributed by atoms with van der Waals surface area (Å²) < 4.78 is 16.9. The predicted molar refractivity (Wildman–Crippen MR) is 117 cm³/mol. The maximum atomic E-state index is 11.5. The molecule has 2 unspecified atom stereocenters. The van der Waals surface area contributed by atoms with Crippen molar-refractivity contribution in [3.8, 4) is 17.2 Å². The largest absolute Gasteiger partial charge is 0.497 e. The van der Waals surface area contributed by atoms with Crippen LogP contribution in [-0.2, 0) is 12.1 Å². The van der Waals surface area contributed by atoms with Gasteiger partial charge < -0.3 is 19.3 Å². The molecule has 162 valence electrons. The molecule has 5 heteroatoms. The lowest BCUT2D eigenvalue weighted by atomic mass is 9.80. The van der Waals surface area contributed by atoms with Gasteiger partial charge >= 0.3 is 0 Å². The summed E-state index contributed by atoms with van der Waals surface area (Å²) in [6.07, 6.45) is 4.72. The van der Waals surface area contributed by atoms with Crippen LogP contribution in [0.3, 0.4) is 0 Å². The minimum absolute atomic E-state index is 0.362. The Morgan fingerprint density at radius 1 is 1.00 bits per heavy atom. The monoisotopic (exact) mass is 411 g/mol. The quantitative estimate of drug-likeness (QED) is 0.693. The molecule has 5 nitrogen and oxygen atoms in total. The summed E-state index contributed by atoms with van der Waals surface area (Å²) in [6.45, 7) is 3.61. The molecule has 2 aromatic rings. The lowest BCUT2D eigenvalue weighted by molar-refractivity contribution is -0.0596. The molecule has 2 aliphatic heterocycles. The van der Waals surface area contributed by atoms with Crippen molar-refractivity contribution < 1.29 is 19.3 Å². The number of methoxy groups -OCH3 is 2. The molecule has 0 radical (unpaired) electrons. The lowest BCUT2D eigenvalue weighted by Gasteiger charge is -2.44. The van der Waals surface area contributed by atoms with Gasteiger partial charge in [-0.25, -0.2) is 0 Å². The molecule has 4 rings (SSSR count). The third kappa shape index (κ3) is 4.01. The molecule has 2 aliphatic rings. The molecule has 1 N–H and O–H groups in total. The van der Waals surface area contributed by atoms with Crippen molar-refractivity contribution in [2.24, 2.45) is 0 Å². The van der Waals surface area contributed by atoms with Crippen molar-refractivity contribution >= 4 is 0 Å². The number of aliphatic hydroxyl groups is 1. The first kappa shape index (κ1) is 21.0. The number of piperidine rings is 1. The summed E-state index contributed by atoms with van der Waals surface area (Å²) in [7, 11) is 3.36. The van der Waals surface area contributed by atoms with E-state index in [2.05, 4.69) is 17.9 Å². The topological polar surface area (TPSA) is 51.2 Å². The molecule has 2 bridgehead atoms. The lowest BCUT2D eigenvalue weighted by Crippen LogP contribution is -2.49. The zero-order chi connectivity index (χ0) is 21.1. The maximum Gasteiger partial charge on any atom is 0.165 e. The van der Waals surface area contributed by atoms with Crippen LogP contribution in [0.1, 0.15) is 50.2 Å². The number of fused-ring (bicyclic) bond motifs is 2. The van der Waals surface area contributed by atoms with Gasteiger partial charge in [-0.15, -0.1) is 0 Å². The van der Waals surface area contributed by atoms with Crippen LogP contribution in [0.2, 0.25) is 0 Å². The van der Waals surface area contributed by atoms with Gasteiger partial charge in [0.25, 0.3) is 0 Å². The zero-order valence-electron chi connectivity index (χ0n) is 18.3. The van der Waals surface area contributed by atoms with E-state index >= 15 is 0 Å². The van der Waals surface area contributed by atoms with E-state index in [4.69, 9.17) is 14.2 Å². The molecule has 30 heavy (non-hydrogen) atoms. The zero-order valence-corrected chi connectivity index (χ0v) is 18.3. The Bertz CT molecular complexity index is 837. The molecule has 0 spiro atoms. The van der Waals surface area contributed by atoms with Crippen molar-refractivity contribution in [3.05, 3.63) is 53.6 Å². The van der Waals surface area contributed by atoms with Gasteiger partial charge in [-0.1, -0.05) is 31.2 Å². The summed E-state index contributed by atoms with van der Waals surface area (Å²) in [5.41, 5.74) is 1.38. The summed E-state index contributed by atoms with van der Waals surface area (Å²) in [5, 5.41) is 11.5. The summed E-state index contributed by atoms with van der Waals surface area (Å²) in [6, 6.07) is 14.7. The van der Waals surface area contributed by atoms with Gasteiger partial charge in [-0.05, 0) is 55.9 Å². The number of para-hydroxylation sites is 1. The van der Waals surface area contributed by atoms with Gasteiger partial charge in [0.2, 0.25) is 0 Å². The Morgan fingerprint density at radius 2 is 1.70 bits per heavy atom. The molecule has 0 aromatic heterocycles. The van der Waals surface area contributed by atoms with Crippen LogP contribution in [0.4, 0.5) is 0 Å². The highest BCUT2D eigenvalue weighted by Crippen LogP contribution is 2.47. The second-order valence-corrected chi connectivity index (χ2v) is 8.52. The van der Waals surface area contributed by atoms with E-state index < -0.39 is 5.60 Å². The Hall–Kier alpha value is -2.24. The minimum atomic E-state index is -0.773. The summed E-state index contributed by atoms with van der Waals surface area (Å²) in [4.78, 5) is 2.56. The van der Waals surface area contributed by atoms with Crippen LogP contribution in [0.5, 0.6) is 17.2 Å². The Labute approximate surface area is 179 Å². The van der Waals surface area contributed by atoms with Crippen LogP contribution in [0.25, 0.3) is 0 Å². The number of hydrogen-bond donors (Lipinski definition) is 1. The van der Waals surface area contributed by atoms with Crippen molar-refractivity contribution in [3.63, 3.8) is 0 Å². The molecular formula is C25H33NO4. The van der Waals surface area contributed by atoms with Crippen LogP contribution in [0, 0.1) is 0 Å². The Balaban J connectivity index is 1.53. The normalized spacial score (nSPS) is 25.9. The van der Waals surface area contributed by atoms with E-state index in [1.54, 1.807) is 14.2 Å². The highest BCUT2D eigenvalue weighted by Gasteiger charge is 2.48. The van der Waals surface area contributed by atoms with Crippen molar-refractivity contribution in [2.45, 2.75) is 63.3 Å². The third-order valence-electron chi connectivity index (χ3n) is 6.63. The van der Waals surface area contributed by atoms with Gasteiger partial charge in [0.05, 0.1) is 26.4 Å². The number of rotatable bonds is 8. The van der Waals surface area contributed by atoms with Crippen LogP contribution >= 0.6 is 0 Å². The van der Waals surface area contributed by atoms with Gasteiger partial charge in [0, 0.05) is 24.2 Å². The Morgan fingerprint density at radius 3 is 2.30 bits per heavy atom. The van der Waals surface area contributed by atoms with Crippen molar-refractivity contribution in [2.75, 3.05) is 20.8 Å². The van der Waals surface area contributed by atoms with Crippen molar-refractivity contribution in [1.29, 1.82) is 0 Å². The fourth-order valence-electron chi connectivity index (χ4n) is 5.12. The molecule has 2 aromatic carbocycles. The molecule has 2 atom stereocenters. The van der Waals surface area contributed by atoms with E-state index in [-0.39, 0.29) is 0 Å². The maximum absolute atomic E-state index is 11.5. The van der Waals surface area contributed by atoms with E-state index in [0.717, 1.165) is 67.0 Å². The molecule has 2 saturated heterocycles. The van der Waals surface area contributed by atoms with Crippen LogP contribution < -0.4 is 14.2 Å². The summed E-state index contributed by atoms with van der Waals surface area (Å²) in [5.74, 6) is 2.47. The van der Waals surface area contributed by atoms with Crippen molar-refractivity contribution in [1.82, 2.24) is 4.90 Å². The number of benzene rings is 2. The first-order valence-electron chi connectivity index (χ1n) is 11.0. The molecule has 0 amide bonds. The average Bonchev–Trinajstić information content (AvgIpc) is 3.01. The van der Waals surface area contributed by atoms with E-state index in [1.165, 1.54) is 0 Å². The van der Waals surface area contributed by atoms with Crippen LogP contribution in [-0.4, -0.2) is 42.9 Å². The van der Waals surface area contributed by atoms with E-state index in [9.17, 15) is 5.11 Å². The highest BCUT2D eigenvalue weighted by atomic mass is 16.5. The van der Waals surface area contributed by atoms with Crippen LogP contribution in [0.15, 0.2) is 42.5 Å². The van der Waals surface area contributed by atoms with Gasteiger partial charge in [-0.2, -0.15) is 0 Å². The second kappa shape index (κ2) is 8.86. The molecule has 2 fully saturated rings. The second-order valence-electron chi connectivity index (χ2n) is 8.52. The fraction of sp³-hybridized carbons (Fsp3) is 0.520. The van der Waals surface area contributed by atoms with Gasteiger partial charge in [0.1, 0.15) is 5.75 Å². The SMILES string of the molecule is CCCOc1c(CN2C3CCC2CC(O)(c2ccc(OC)cc2)C3)cccc1OC. The third-order valence-corrected chi connectivity index (χ3v) is 6.63. The van der Waals surface area contributed by atoms with E-state index in [1.807, 2.05) is 36.4 Å². The number of ether oxygens (including phenoxy) is 3. The smallest absolute Gasteiger partial charge is 0.165 e. The molecule has 2 heterocycles. The molecular weight excluding hydrogens is 378 g/mol. The highest BCUT2D eigenvalue weighted by molar-refractivity contribution is 5.47. The first-order chi connectivity index (χ1) is 14.6. The van der Waals surface area contributed by atoms with Gasteiger partial charge in [-0.3, -0.25) is 4.90 Å². The first-order valence-corrected chi connectivity index (χ1v) is 11.0. The minimum Gasteiger partial charge on any atom is -0.497 e. The Kier molecular flexibility index (Phi) is 6.21. The average molecular weight is 412 g/mol. The molecule has 0 saturated carbocycles. The standard InChI is InChI=1S/C25H33NO4/c1-4-14-30-24-18(6-5-7-23(24)29-3)17-26-20-10-11-21(26)16-25(27,15-20)19-8-12-22(28-2)13-9-19/h5-9,12-13,20-21,27H,4,10-11,14-17H2,1-3H3. The van der Waals surface area contributed by atoms with E-state index in [0.29, 0.717) is 18.7 Å². The molecule has 0 aliphatic carbocycles.